The summed E-state index contributed by atoms with van der Waals surface area (Å²) in [6.07, 6.45) is 0. The minimum Gasteiger partial charge on any atom is -0.493 e. The molecule has 0 aliphatic heterocycles. The van der Waals surface area contributed by atoms with E-state index in [1.165, 1.54) is 24.3 Å². The smallest absolute Gasteiger partial charge is 0.241 e. The number of hydrogen-bond donors (Lipinski definition) is 2. The number of ether oxygens (including phenoxy) is 1. The van der Waals surface area contributed by atoms with Crippen LogP contribution in [0.3, 0.4) is 0 Å². The summed E-state index contributed by atoms with van der Waals surface area (Å²) in [4.78, 5) is 0.0403. The van der Waals surface area contributed by atoms with Crippen molar-refractivity contribution in [2.24, 2.45) is 5.14 Å². The Morgan fingerprint density at radius 3 is 2.31 bits per heavy atom. The molecule has 0 radical (unpaired) electrons. The Bertz CT molecular complexity index is 1250. The van der Waals surface area contributed by atoms with E-state index in [4.69, 9.17) is 9.88 Å². The van der Waals surface area contributed by atoms with Crippen LogP contribution < -0.4 is 14.6 Å². The maximum atomic E-state index is 13.1. The van der Waals surface area contributed by atoms with Crippen molar-refractivity contribution >= 4 is 30.8 Å². The maximum absolute atomic E-state index is 13.1. The second-order valence-corrected chi connectivity index (χ2v) is 9.74. The van der Waals surface area contributed by atoms with Gasteiger partial charge < -0.3 is 4.74 Å². The van der Waals surface area contributed by atoms with Gasteiger partial charge in [-0.2, -0.15) is 0 Å². The molecule has 0 bridgehead atoms. The molecule has 0 heterocycles. The SMILES string of the molecule is CCOc1ccc(S(=O)(=O)NC(C)c2cccc(S(N)(=O)=O)c2)c2ccccc12. The lowest BCUT2D eigenvalue weighted by Gasteiger charge is -2.17. The number of sulfonamides is 2. The number of benzene rings is 3. The molecule has 0 fully saturated rings. The highest BCUT2D eigenvalue weighted by Gasteiger charge is 2.22. The first-order chi connectivity index (χ1) is 13.6. The van der Waals surface area contributed by atoms with Gasteiger partial charge in [0.2, 0.25) is 20.0 Å². The van der Waals surface area contributed by atoms with E-state index in [2.05, 4.69) is 4.72 Å². The van der Waals surface area contributed by atoms with Gasteiger partial charge in [-0.3, -0.25) is 0 Å². The molecular formula is C20H22N2O5S2. The van der Waals surface area contributed by atoms with E-state index in [0.29, 0.717) is 28.7 Å². The number of primary sulfonamides is 1. The van der Waals surface area contributed by atoms with Gasteiger partial charge in [-0.1, -0.05) is 36.4 Å². The van der Waals surface area contributed by atoms with Gasteiger partial charge in [0.15, 0.2) is 0 Å². The minimum absolute atomic E-state index is 0.0763. The van der Waals surface area contributed by atoms with Crippen molar-refractivity contribution in [2.45, 2.75) is 29.7 Å². The molecule has 3 aromatic carbocycles. The fraction of sp³-hybridized carbons (Fsp3) is 0.200. The van der Waals surface area contributed by atoms with Crippen LogP contribution in [0.1, 0.15) is 25.5 Å². The summed E-state index contributed by atoms with van der Waals surface area (Å²) in [5.74, 6) is 0.607. The fourth-order valence-electron chi connectivity index (χ4n) is 3.08. The van der Waals surface area contributed by atoms with E-state index in [9.17, 15) is 16.8 Å². The van der Waals surface area contributed by atoms with Crippen molar-refractivity contribution in [2.75, 3.05) is 6.61 Å². The average molecular weight is 435 g/mol. The Balaban J connectivity index is 1.99. The zero-order valence-corrected chi connectivity index (χ0v) is 17.6. The molecule has 0 saturated carbocycles. The van der Waals surface area contributed by atoms with Crippen LogP contribution in [0.15, 0.2) is 70.5 Å². The Morgan fingerprint density at radius 2 is 1.66 bits per heavy atom. The first-order valence-electron chi connectivity index (χ1n) is 8.93. The Labute approximate surface area is 170 Å². The highest BCUT2D eigenvalue weighted by atomic mass is 32.2. The number of fused-ring (bicyclic) bond motifs is 1. The van der Waals surface area contributed by atoms with E-state index in [1.54, 1.807) is 37.3 Å². The van der Waals surface area contributed by atoms with Gasteiger partial charge in [0.1, 0.15) is 5.75 Å². The molecule has 29 heavy (non-hydrogen) atoms. The Hall–Kier alpha value is -2.46. The number of rotatable bonds is 7. The molecule has 1 unspecified atom stereocenters. The van der Waals surface area contributed by atoms with E-state index in [1.807, 2.05) is 13.0 Å². The molecule has 0 aliphatic carbocycles. The van der Waals surface area contributed by atoms with Crippen molar-refractivity contribution in [3.63, 3.8) is 0 Å². The molecule has 3 rings (SSSR count). The van der Waals surface area contributed by atoms with Crippen molar-refractivity contribution in [1.82, 2.24) is 4.72 Å². The van der Waals surface area contributed by atoms with Gasteiger partial charge in [-0.15, -0.1) is 0 Å². The van der Waals surface area contributed by atoms with Crippen LogP contribution >= 0.6 is 0 Å². The summed E-state index contributed by atoms with van der Waals surface area (Å²) in [5, 5.41) is 6.40. The fourth-order valence-corrected chi connectivity index (χ4v) is 5.10. The van der Waals surface area contributed by atoms with Gasteiger partial charge in [0.25, 0.3) is 0 Å². The molecule has 0 amide bonds. The van der Waals surface area contributed by atoms with E-state index in [0.717, 1.165) is 0 Å². The molecule has 3 N–H and O–H groups in total. The molecular weight excluding hydrogens is 412 g/mol. The summed E-state index contributed by atoms with van der Waals surface area (Å²) in [6, 6.07) is 15.4. The lowest BCUT2D eigenvalue weighted by Crippen LogP contribution is -2.27. The van der Waals surface area contributed by atoms with Crippen molar-refractivity contribution in [3.05, 3.63) is 66.2 Å². The third-order valence-corrected chi connectivity index (χ3v) is 6.96. The third kappa shape index (κ3) is 4.59. The van der Waals surface area contributed by atoms with Gasteiger partial charge in [-0.05, 0) is 43.7 Å². The lowest BCUT2D eigenvalue weighted by molar-refractivity contribution is 0.344. The zero-order valence-electron chi connectivity index (χ0n) is 16.0. The van der Waals surface area contributed by atoms with Crippen LogP contribution in [0.5, 0.6) is 5.75 Å². The van der Waals surface area contributed by atoms with Crippen molar-refractivity contribution < 1.29 is 21.6 Å². The molecule has 0 aliphatic rings. The van der Waals surface area contributed by atoms with Gasteiger partial charge in [-0.25, -0.2) is 26.7 Å². The van der Waals surface area contributed by atoms with Gasteiger partial charge >= 0.3 is 0 Å². The van der Waals surface area contributed by atoms with Crippen molar-refractivity contribution in [3.8, 4) is 5.75 Å². The molecule has 9 heteroatoms. The molecule has 1 atom stereocenters. The highest BCUT2D eigenvalue weighted by Crippen LogP contribution is 2.31. The number of hydrogen-bond acceptors (Lipinski definition) is 5. The lowest BCUT2D eigenvalue weighted by atomic mass is 10.1. The van der Waals surface area contributed by atoms with Crippen LogP contribution in [-0.2, 0) is 20.0 Å². The summed E-state index contributed by atoms with van der Waals surface area (Å²) >= 11 is 0. The largest absolute Gasteiger partial charge is 0.493 e. The van der Waals surface area contributed by atoms with Crippen LogP contribution in [0.25, 0.3) is 10.8 Å². The average Bonchev–Trinajstić information content (AvgIpc) is 2.67. The molecule has 7 nitrogen and oxygen atoms in total. The van der Waals surface area contributed by atoms with Crippen LogP contribution in [0, 0.1) is 0 Å². The summed E-state index contributed by atoms with van der Waals surface area (Å²) in [7, 11) is -7.79. The minimum atomic E-state index is -3.90. The molecule has 0 aromatic heterocycles. The third-order valence-electron chi connectivity index (χ3n) is 4.45. The monoisotopic (exact) mass is 434 g/mol. The predicted octanol–water partition coefficient (Wildman–Crippen LogP) is 2.93. The molecule has 0 saturated heterocycles. The summed E-state index contributed by atoms with van der Waals surface area (Å²) < 4.78 is 57.5. The molecule has 0 spiro atoms. The predicted molar refractivity (Wildman–Crippen MR) is 112 cm³/mol. The molecule has 3 aromatic rings. The summed E-state index contributed by atoms with van der Waals surface area (Å²) in [6.45, 7) is 3.96. The standard InChI is InChI=1S/C20H22N2O5S2/c1-3-27-19-11-12-20(18-10-5-4-9-17(18)19)29(25,26)22-14(2)15-7-6-8-16(13-15)28(21,23)24/h4-14,22H,3H2,1-2H3,(H2,21,23,24). The van der Waals surface area contributed by atoms with E-state index >= 15 is 0 Å². The second kappa shape index (κ2) is 8.11. The number of nitrogens with one attached hydrogen (secondary N) is 1. The quantitative estimate of drug-likeness (QED) is 0.593. The zero-order chi connectivity index (χ0) is 21.2. The maximum Gasteiger partial charge on any atom is 0.241 e. The van der Waals surface area contributed by atoms with Crippen molar-refractivity contribution in [1.29, 1.82) is 0 Å². The summed E-state index contributed by atoms with van der Waals surface area (Å²) in [5.41, 5.74) is 0.482. The first kappa shape index (κ1) is 21.3. The van der Waals surface area contributed by atoms with Crippen LogP contribution in [-0.4, -0.2) is 23.4 Å². The number of nitrogens with two attached hydrogens (primary N) is 1. The molecule has 154 valence electrons. The second-order valence-electron chi connectivity index (χ2n) is 6.50. The highest BCUT2D eigenvalue weighted by molar-refractivity contribution is 7.89. The van der Waals surface area contributed by atoms with E-state index in [-0.39, 0.29) is 9.79 Å². The first-order valence-corrected chi connectivity index (χ1v) is 12.0. The van der Waals surface area contributed by atoms with E-state index < -0.39 is 26.1 Å². The van der Waals surface area contributed by atoms with Crippen LogP contribution in [0.2, 0.25) is 0 Å². The van der Waals surface area contributed by atoms with Crippen LogP contribution in [0.4, 0.5) is 0 Å². The Kier molecular flexibility index (Phi) is 5.95. The van der Waals surface area contributed by atoms with Gasteiger partial charge in [0, 0.05) is 16.8 Å². The topological polar surface area (TPSA) is 116 Å². The normalized spacial score (nSPS) is 13.3. The Morgan fingerprint density at radius 1 is 0.966 bits per heavy atom. The van der Waals surface area contributed by atoms with Gasteiger partial charge in [0.05, 0.1) is 16.4 Å².